The van der Waals surface area contributed by atoms with E-state index in [0.717, 1.165) is 6.07 Å². The van der Waals surface area contributed by atoms with Gasteiger partial charge in [-0.3, -0.25) is 4.79 Å². The van der Waals surface area contributed by atoms with Gasteiger partial charge in [0, 0.05) is 5.39 Å². The molecule has 2 N–H and O–H groups in total. The van der Waals surface area contributed by atoms with Crippen LogP contribution in [0, 0.1) is 0 Å². The lowest BCUT2D eigenvalue weighted by Gasteiger charge is -2.08. The van der Waals surface area contributed by atoms with Crippen LogP contribution in [-0.4, -0.2) is 29.0 Å². The van der Waals surface area contributed by atoms with Crippen molar-refractivity contribution in [1.82, 2.24) is 4.98 Å². The zero-order valence-corrected chi connectivity index (χ0v) is 10.7. The van der Waals surface area contributed by atoms with Crippen LogP contribution < -0.4 is 5.73 Å². The van der Waals surface area contributed by atoms with Gasteiger partial charge >= 0.3 is 18.1 Å². The van der Waals surface area contributed by atoms with Crippen molar-refractivity contribution in [3.63, 3.8) is 0 Å². The third-order valence-corrected chi connectivity index (χ3v) is 2.60. The average molecular weight is 312 g/mol. The van der Waals surface area contributed by atoms with E-state index >= 15 is 0 Å². The van der Waals surface area contributed by atoms with E-state index in [2.05, 4.69) is 9.72 Å². The van der Waals surface area contributed by atoms with Gasteiger partial charge in [-0.05, 0) is 11.5 Å². The summed E-state index contributed by atoms with van der Waals surface area (Å²) in [6.07, 6.45) is -5.32. The Bertz CT molecular complexity index is 786. The van der Waals surface area contributed by atoms with Crippen molar-refractivity contribution in [3.8, 4) is 0 Å². The highest BCUT2D eigenvalue weighted by Gasteiger charge is 2.42. The van der Waals surface area contributed by atoms with Gasteiger partial charge in [0.2, 0.25) is 0 Å². The van der Waals surface area contributed by atoms with Crippen molar-refractivity contribution in [1.29, 1.82) is 0 Å². The first-order chi connectivity index (χ1) is 10.2. The summed E-state index contributed by atoms with van der Waals surface area (Å²) in [5.74, 6) is -5.28. The Hall–Kier alpha value is -2.97. The number of alkyl halides is 3. The number of halogens is 3. The molecule has 0 atom stereocenters. The molecule has 0 aliphatic rings. The second-order valence-corrected chi connectivity index (χ2v) is 4.12. The van der Waals surface area contributed by atoms with Crippen LogP contribution in [0.1, 0.15) is 21.0 Å². The van der Waals surface area contributed by atoms with Crippen molar-refractivity contribution in [3.05, 3.63) is 41.7 Å². The molecule has 0 bridgehead atoms. The molecule has 1 aromatic heterocycles. The first-order valence-corrected chi connectivity index (χ1v) is 5.73. The number of primary amides is 1. The average Bonchev–Trinajstić information content (AvgIpc) is 2.44. The van der Waals surface area contributed by atoms with Gasteiger partial charge in [-0.15, -0.1) is 0 Å². The number of nitrogens with zero attached hydrogens (tertiary/aromatic N) is 1. The molecule has 2 rings (SSSR count). The Kier molecular flexibility index (Phi) is 3.81. The Balaban J connectivity index is 2.46. The Morgan fingerprint density at radius 1 is 1.14 bits per heavy atom. The Morgan fingerprint density at radius 2 is 1.77 bits per heavy atom. The highest BCUT2D eigenvalue weighted by molar-refractivity contribution is 6.07. The number of aromatic nitrogens is 1. The lowest BCUT2D eigenvalue weighted by atomic mass is 10.1. The third kappa shape index (κ3) is 3.03. The number of fused-ring (bicyclic) bond motifs is 1. The fourth-order valence-electron chi connectivity index (χ4n) is 1.69. The number of pyridine rings is 1. The number of nitrogens with two attached hydrogens (primary N) is 1. The summed E-state index contributed by atoms with van der Waals surface area (Å²) >= 11 is 0. The molecule has 1 aromatic carbocycles. The number of benzene rings is 1. The zero-order valence-electron chi connectivity index (χ0n) is 10.7. The molecular formula is C13H7F3N2O4. The van der Waals surface area contributed by atoms with Crippen molar-refractivity contribution < 1.29 is 32.3 Å². The quantitative estimate of drug-likeness (QED) is 0.670. The number of carbonyl (C=O) groups is 3. The molecule has 1 heterocycles. The van der Waals surface area contributed by atoms with Gasteiger partial charge < -0.3 is 10.5 Å². The molecule has 0 fully saturated rings. The molecule has 2 aromatic rings. The maximum atomic E-state index is 12.1. The molecule has 0 unspecified atom stereocenters. The Morgan fingerprint density at radius 3 is 2.36 bits per heavy atom. The molecule has 0 radical (unpaired) electrons. The predicted molar refractivity (Wildman–Crippen MR) is 66.7 cm³/mol. The van der Waals surface area contributed by atoms with Gasteiger partial charge in [0.25, 0.3) is 5.91 Å². The summed E-state index contributed by atoms with van der Waals surface area (Å²) in [6.45, 7) is 0. The van der Waals surface area contributed by atoms with Gasteiger partial charge in [-0.2, -0.15) is 13.2 Å². The lowest BCUT2D eigenvalue weighted by molar-refractivity contribution is -0.193. The standard InChI is InChI=1S/C13H7F3N2O4/c14-13(15,16)12(21)22-11(20)8-5-6-3-1-2-4-7(6)9(18-8)10(17)19/h1-5H,(H2,17,19). The van der Waals surface area contributed by atoms with Gasteiger partial charge in [-0.1, -0.05) is 24.3 Å². The SMILES string of the molecule is NC(=O)c1nc(C(=O)OC(=O)C(F)(F)F)cc2ccccc12. The summed E-state index contributed by atoms with van der Waals surface area (Å²) in [4.78, 5) is 37.1. The van der Waals surface area contributed by atoms with Crippen LogP contribution in [0.15, 0.2) is 30.3 Å². The van der Waals surface area contributed by atoms with Crippen LogP contribution in [0.25, 0.3) is 10.8 Å². The second kappa shape index (κ2) is 5.43. The summed E-state index contributed by atoms with van der Waals surface area (Å²) < 4.78 is 39.9. The topological polar surface area (TPSA) is 99.4 Å². The summed E-state index contributed by atoms with van der Waals surface area (Å²) in [5.41, 5.74) is 4.17. The first-order valence-electron chi connectivity index (χ1n) is 5.73. The number of hydrogen-bond acceptors (Lipinski definition) is 5. The van der Waals surface area contributed by atoms with E-state index in [1.54, 1.807) is 12.1 Å². The molecular weight excluding hydrogens is 305 g/mol. The van der Waals surface area contributed by atoms with Crippen LogP contribution in [0.3, 0.4) is 0 Å². The molecule has 0 saturated heterocycles. The molecule has 0 aliphatic heterocycles. The van der Waals surface area contributed by atoms with E-state index in [-0.39, 0.29) is 5.69 Å². The molecule has 0 aliphatic carbocycles. The normalized spacial score (nSPS) is 11.2. The largest absolute Gasteiger partial charge is 0.491 e. The highest BCUT2D eigenvalue weighted by Crippen LogP contribution is 2.20. The predicted octanol–water partition coefficient (Wildman–Crippen LogP) is 1.58. The van der Waals surface area contributed by atoms with Crippen molar-refractivity contribution in [2.75, 3.05) is 0 Å². The van der Waals surface area contributed by atoms with Gasteiger partial charge in [-0.25, -0.2) is 14.6 Å². The fourth-order valence-corrected chi connectivity index (χ4v) is 1.69. The number of rotatable bonds is 2. The first kappa shape index (κ1) is 15.4. The smallest absolute Gasteiger partial charge is 0.381 e. The number of ether oxygens (including phenoxy) is 1. The minimum Gasteiger partial charge on any atom is -0.381 e. The molecule has 0 saturated carbocycles. The van der Waals surface area contributed by atoms with Crippen LogP contribution in [0.5, 0.6) is 0 Å². The maximum absolute atomic E-state index is 12.1. The zero-order chi connectivity index (χ0) is 16.5. The number of hydrogen-bond donors (Lipinski definition) is 1. The highest BCUT2D eigenvalue weighted by atomic mass is 19.4. The van der Waals surface area contributed by atoms with Gasteiger partial charge in [0.15, 0.2) is 0 Å². The van der Waals surface area contributed by atoms with E-state index in [9.17, 15) is 27.6 Å². The maximum Gasteiger partial charge on any atom is 0.491 e. The lowest BCUT2D eigenvalue weighted by Crippen LogP contribution is -2.28. The molecule has 1 amide bonds. The Labute approximate surface area is 120 Å². The van der Waals surface area contributed by atoms with Gasteiger partial charge in [0.1, 0.15) is 11.4 Å². The van der Waals surface area contributed by atoms with Gasteiger partial charge in [0.05, 0.1) is 0 Å². The summed E-state index contributed by atoms with van der Waals surface area (Å²) in [6, 6.07) is 7.24. The number of amides is 1. The van der Waals surface area contributed by atoms with Crippen molar-refractivity contribution >= 4 is 28.6 Å². The minimum atomic E-state index is -5.32. The van der Waals surface area contributed by atoms with Crippen molar-refractivity contribution in [2.45, 2.75) is 6.18 Å². The minimum absolute atomic E-state index is 0.314. The van der Waals surface area contributed by atoms with E-state index in [1.807, 2.05) is 0 Å². The van der Waals surface area contributed by atoms with E-state index < -0.39 is 29.7 Å². The summed E-state index contributed by atoms with van der Waals surface area (Å²) in [7, 11) is 0. The van der Waals surface area contributed by atoms with E-state index in [1.165, 1.54) is 12.1 Å². The number of carbonyl (C=O) groups excluding carboxylic acids is 3. The third-order valence-electron chi connectivity index (χ3n) is 2.60. The van der Waals surface area contributed by atoms with E-state index in [0.29, 0.717) is 10.8 Å². The van der Waals surface area contributed by atoms with Crippen LogP contribution in [0.2, 0.25) is 0 Å². The molecule has 9 heteroatoms. The van der Waals surface area contributed by atoms with Crippen LogP contribution in [0.4, 0.5) is 13.2 Å². The van der Waals surface area contributed by atoms with Crippen molar-refractivity contribution in [2.24, 2.45) is 5.73 Å². The second-order valence-electron chi connectivity index (χ2n) is 4.12. The monoisotopic (exact) mass is 312 g/mol. The number of esters is 2. The molecule has 0 spiro atoms. The van der Waals surface area contributed by atoms with Crippen LogP contribution in [-0.2, 0) is 9.53 Å². The van der Waals surface area contributed by atoms with Crippen LogP contribution >= 0.6 is 0 Å². The summed E-state index contributed by atoms with van der Waals surface area (Å²) in [5, 5.41) is 0.645. The molecule has 22 heavy (non-hydrogen) atoms. The van der Waals surface area contributed by atoms with E-state index in [4.69, 9.17) is 5.73 Å². The molecule has 114 valence electrons. The molecule has 6 nitrogen and oxygen atoms in total. The fraction of sp³-hybridized carbons (Fsp3) is 0.0769.